The molecule has 1 heterocycles. The fourth-order valence-electron chi connectivity index (χ4n) is 1.23. The molecule has 0 saturated carbocycles. The third-order valence-corrected chi connectivity index (χ3v) is 2.20. The summed E-state index contributed by atoms with van der Waals surface area (Å²) in [5.41, 5.74) is 0. The largest absolute Gasteiger partial charge is 0.348 e. The summed E-state index contributed by atoms with van der Waals surface area (Å²) in [6.07, 6.45) is 3.71. The zero-order valence-electron chi connectivity index (χ0n) is 9.53. The Morgan fingerprint density at radius 1 is 1.60 bits per heavy atom. The molecule has 1 amide bonds. The van der Waals surface area contributed by atoms with Gasteiger partial charge in [0.2, 0.25) is 5.91 Å². The molecular weight excluding hydrogens is 192 g/mol. The Hall–Kier alpha value is -1.36. The van der Waals surface area contributed by atoms with Gasteiger partial charge in [-0.2, -0.15) is 0 Å². The Balaban J connectivity index is 2.35. The number of nitrogens with zero attached hydrogens (tertiary/aromatic N) is 3. The summed E-state index contributed by atoms with van der Waals surface area (Å²) in [7, 11) is 3.49. The molecule has 5 nitrogen and oxygen atoms in total. The maximum Gasteiger partial charge on any atom is 0.236 e. The zero-order valence-corrected chi connectivity index (χ0v) is 9.53. The van der Waals surface area contributed by atoms with Gasteiger partial charge < -0.3 is 14.8 Å². The summed E-state index contributed by atoms with van der Waals surface area (Å²) in [4.78, 5) is 17.0. The van der Waals surface area contributed by atoms with Crippen molar-refractivity contribution in [2.75, 3.05) is 20.6 Å². The summed E-state index contributed by atoms with van der Waals surface area (Å²) in [6, 6.07) is 0. The van der Waals surface area contributed by atoms with Crippen molar-refractivity contribution in [3.63, 3.8) is 0 Å². The van der Waals surface area contributed by atoms with Crippen molar-refractivity contribution in [3.05, 3.63) is 18.2 Å². The highest BCUT2D eigenvalue weighted by atomic mass is 16.2. The highest BCUT2D eigenvalue weighted by Gasteiger charge is 2.04. The SMILES string of the molecule is CCn1ccnc1CNCC(=O)N(C)C. The molecule has 1 aromatic heterocycles. The number of rotatable bonds is 5. The average molecular weight is 210 g/mol. The Morgan fingerprint density at radius 3 is 2.93 bits per heavy atom. The van der Waals surface area contributed by atoms with Gasteiger partial charge in [0.05, 0.1) is 13.1 Å². The topological polar surface area (TPSA) is 50.2 Å². The predicted molar refractivity (Wildman–Crippen MR) is 58.3 cm³/mol. The molecule has 1 N–H and O–H groups in total. The van der Waals surface area contributed by atoms with E-state index in [4.69, 9.17) is 0 Å². The predicted octanol–water partition coefficient (Wildman–Crippen LogP) is 0.0808. The second kappa shape index (κ2) is 5.50. The highest BCUT2D eigenvalue weighted by molar-refractivity contribution is 5.77. The minimum atomic E-state index is 0.0737. The molecule has 1 aromatic rings. The molecular formula is C10H18N4O. The van der Waals surface area contributed by atoms with E-state index in [1.807, 2.05) is 10.8 Å². The molecule has 0 aliphatic heterocycles. The fraction of sp³-hybridized carbons (Fsp3) is 0.600. The van der Waals surface area contributed by atoms with Crippen LogP contribution in [-0.2, 0) is 17.9 Å². The Bertz CT molecular complexity index is 319. The van der Waals surface area contributed by atoms with Crippen molar-refractivity contribution in [1.29, 1.82) is 0 Å². The van der Waals surface area contributed by atoms with Crippen molar-refractivity contribution in [2.24, 2.45) is 0 Å². The van der Waals surface area contributed by atoms with Gasteiger partial charge in [0, 0.05) is 33.0 Å². The van der Waals surface area contributed by atoms with Gasteiger partial charge in [0.25, 0.3) is 0 Å². The number of hydrogen-bond donors (Lipinski definition) is 1. The van der Waals surface area contributed by atoms with Crippen LogP contribution in [0.2, 0.25) is 0 Å². The first-order valence-electron chi connectivity index (χ1n) is 5.06. The van der Waals surface area contributed by atoms with Crippen LogP contribution in [0, 0.1) is 0 Å². The summed E-state index contributed by atoms with van der Waals surface area (Å²) >= 11 is 0. The molecule has 1 rings (SSSR count). The first kappa shape index (κ1) is 11.7. The van der Waals surface area contributed by atoms with E-state index >= 15 is 0 Å². The number of aryl methyl sites for hydroxylation is 1. The first-order valence-corrected chi connectivity index (χ1v) is 5.06. The summed E-state index contributed by atoms with van der Waals surface area (Å²) in [5, 5.41) is 3.07. The van der Waals surface area contributed by atoms with Crippen LogP contribution in [0.4, 0.5) is 0 Å². The van der Waals surface area contributed by atoms with Crippen molar-refractivity contribution < 1.29 is 4.79 Å². The van der Waals surface area contributed by atoms with Gasteiger partial charge in [0.15, 0.2) is 0 Å². The molecule has 84 valence electrons. The van der Waals surface area contributed by atoms with E-state index in [9.17, 15) is 4.79 Å². The third kappa shape index (κ3) is 3.36. The first-order chi connectivity index (χ1) is 7.15. The van der Waals surface area contributed by atoms with Gasteiger partial charge in [0.1, 0.15) is 5.82 Å². The Labute approximate surface area is 90.1 Å². The number of amides is 1. The van der Waals surface area contributed by atoms with Gasteiger partial charge in [-0.1, -0.05) is 0 Å². The summed E-state index contributed by atoms with van der Waals surface area (Å²) in [6.45, 7) is 3.94. The number of nitrogens with one attached hydrogen (secondary N) is 1. The number of imidazole rings is 1. The molecule has 0 unspecified atom stereocenters. The lowest BCUT2D eigenvalue weighted by atomic mass is 10.5. The monoisotopic (exact) mass is 210 g/mol. The molecule has 0 aliphatic rings. The Kier molecular flexibility index (Phi) is 4.30. The van der Waals surface area contributed by atoms with Gasteiger partial charge >= 0.3 is 0 Å². The molecule has 0 saturated heterocycles. The molecule has 0 aliphatic carbocycles. The van der Waals surface area contributed by atoms with E-state index < -0.39 is 0 Å². The number of hydrogen-bond acceptors (Lipinski definition) is 3. The number of likely N-dealkylation sites (N-methyl/N-ethyl adjacent to an activating group) is 1. The maximum absolute atomic E-state index is 11.3. The van der Waals surface area contributed by atoms with E-state index in [-0.39, 0.29) is 5.91 Å². The van der Waals surface area contributed by atoms with Crippen LogP contribution in [-0.4, -0.2) is 41.0 Å². The number of carbonyl (C=O) groups is 1. The molecule has 5 heteroatoms. The highest BCUT2D eigenvalue weighted by Crippen LogP contribution is 1.96. The van der Waals surface area contributed by atoms with E-state index in [1.165, 1.54) is 0 Å². The van der Waals surface area contributed by atoms with Crippen LogP contribution in [0.15, 0.2) is 12.4 Å². The summed E-state index contributed by atoms with van der Waals surface area (Å²) < 4.78 is 2.05. The van der Waals surface area contributed by atoms with Gasteiger partial charge in [-0.25, -0.2) is 4.98 Å². The molecule has 15 heavy (non-hydrogen) atoms. The van der Waals surface area contributed by atoms with Crippen molar-refractivity contribution in [1.82, 2.24) is 19.8 Å². The van der Waals surface area contributed by atoms with Crippen LogP contribution < -0.4 is 5.32 Å². The lowest BCUT2D eigenvalue weighted by Crippen LogP contribution is -2.33. The minimum Gasteiger partial charge on any atom is -0.348 e. The smallest absolute Gasteiger partial charge is 0.236 e. The fourth-order valence-corrected chi connectivity index (χ4v) is 1.23. The second-order valence-corrected chi connectivity index (χ2v) is 3.52. The van der Waals surface area contributed by atoms with Gasteiger partial charge in [-0.15, -0.1) is 0 Å². The van der Waals surface area contributed by atoms with E-state index in [1.54, 1.807) is 25.2 Å². The lowest BCUT2D eigenvalue weighted by Gasteiger charge is -2.11. The van der Waals surface area contributed by atoms with Gasteiger partial charge in [-0.3, -0.25) is 4.79 Å². The van der Waals surface area contributed by atoms with Crippen molar-refractivity contribution in [2.45, 2.75) is 20.0 Å². The van der Waals surface area contributed by atoms with Crippen LogP contribution in [0.1, 0.15) is 12.7 Å². The number of carbonyl (C=O) groups excluding carboxylic acids is 1. The molecule has 0 spiro atoms. The van der Waals surface area contributed by atoms with E-state index in [2.05, 4.69) is 17.2 Å². The van der Waals surface area contributed by atoms with Crippen molar-refractivity contribution >= 4 is 5.91 Å². The van der Waals surface area contributed by atoms with Gasteiger partial charge in [-0.05, 0) is 6.92 Å². The molecule has 0 aromatic carbocycles. The minimum absolute atomic E-state index is 0.0737. The third-order valence-electron chi connectivity index (χ3n) is 2.20. The second-order valence-electron chi connectivity index (χ2n) is 3.52. The summed E-state index contributed by atoms with van der Waals surface area (Å²) in [5.74, 6) is 1.04. The lowest BCUT2D eigenvalue weighted by molar-refractivity contribution is -0.127. The zero-order chi connectivity index (χ0) is 11.3. The van der Waals surface area contributed by atoms with Crippen LogP contribution in [0.25, 0.3) is 0 Å². The van der Waals surface area contributed by atoms with Crippen molar-refractivity contribution in [3.8, 4) is 0 Å². The Morgan fingerprint density at radius 2 is 2.33 bits per heavy atom. The van der Waals surface area contributed by atoms with E-state index in [0.29, 0.717) is 13.1 Å². The quantitative estimate of drug-likeness (QED) is 0.749. The van der Waals surface area contributed by atoms with Crippen LogP contribution in [0.5, 0.6) is 0 Å². The average Bonchev–Trinajstić information content (AvgIpc) is 2.65. The molecule has 0 fully saturated rings. The van der Waals surface area contributed by atoms with E-state index in [0.717, 1.165) is 12.4 Å². The number of aromatic nitrogens is 2. The van der Waals surface area contributed by atoms with Crippen LogP contribution >= 0.6 is 0 Å². The molecule has 0 bridgehead atoms. The standard InChI is InChI=1S/C10H18N4O/c1-4-14-6-5-12-9(14)7-11-8-10(15)13(2)3/h5-6,11H,4,7-8H2,1-3H3. The molecule has 0 atom stereocenters. The normalized spacial score (nSPS) is 10.3. The van der Waals surface area contributed by atoms with Crippen LogP contribution in [0.3, 0.4) is 0 Å². The molecule has 0 radical (unpaired) electrons. The maximum atomic E-state index is 11.3.